The molecule has 1 fully saturated rings. The molecule has 2 aromatic carbocycles. The number of benzene rings is 2. The number of anilines is 1. The first-order valence-electron chi connectivity index (χ1n) is 10.8. The van der Waals surface area contributed by atoms with E-state index in [1.165, 1.54) is 47.0 Å². The maximum absolute atomic E-state index is 12.9. The largest absolute Gasteiger partial charge is 0.465 e. The van der Waals surface area contributed by atoms with Gasteiger partial charge in [-0.3, -0.25) is 10.1 Å². The van der Waals surface area contributed by atoms with Crippen LogP contribution in [0.2, 0.25) is 0 Å². The van der Waals surface area contributed by atoms with Gasteiger partial charge in [-0.25, -0.2) is 18.2 Å². The van der Waals surface area contributed by atoms with Crippen molar-refractivity contribution in [1.82, 2.24) is 9.29 Å². The van der Waals surface area contributed by atoms with Crippen LogP contribution in [0.3, 0.4) is 0 Å². The molecule has 1 amide bonds. The first kappa shape index (κ1) is 24.1. The highest BCUT2D eigenvalue weighted by molar-refractivity contribution is 7.89. The van der Waals surface area contributed by atoms with Crippen LogP contribution in [0.1, 0.15) is 46.4 Å². The summed E-state index contributed by atoms with van der Waals surface area (Å²) < 4.78 is 31.9. The van der Waals surface area contributed by atoms with Crippen molar-refractivity contribution < 1.29 is 22.7 Å². The van der Waals surface area contributed by atoms with Gasteiger partial charge in [0.15, 0.2) is 5.13 Å². The third kappa shape index (κ3) is 5.03. The van der Waals surface area contributed by atoms with Crippen molar-refractivity contribution in [2.75, 3.05) is 19.5 Å². The summed E-state index contributed by atoms with van der Waals surface area (Å²) in [6, 6.07) is 12.8. The molecule has 0 radical (unpaired) electrons. The molecule has 34 heavy (non-hydrogen) atoms. The fourth-order valence-corrected chi connectivity index (χ4v) is 6.07. The number of carbonyl (C=O) groups is 2. The van der Waals surface area contributed by atoms with Crippen LogP contribution in [-0.4, -0.2) is 49.8 Å². The molecule has 1 N–H and O–H groups in total. The average Bonchev–Trinajstić information content (AvgIpc) is 3.56. The zero-order chi connectivity index (χ0) is 24.3. The number of hydrogen-bond donors (Lipinski definition) is 1. The highest BCUT2D eigenvalue weighted by atomic mass is 32.2. The number of rotatable bonds is 7. The van der Waals surface area contributed by atoms with Crippen LogP contribution in [0.4, 0.5) is 5.13 Å². The van der Waals surface area contributed by atoms with Crippen LogP contribution in [0.5, 0.6) is 0 Å². The molecule has 0 saturated heterocycles. The normalized spacial score (nSPS) is 14.3. The third-order valence-electron chi connectivity index (χ3n) is 5.96. The Bertz CT molecular complexity index is 1280. The SMILES string of the molecule is COC(=O)c1ccc(-c2csc(NC(=O)c3ccc(S(=O)(=O)N(C)C4CCCC4)cc3)n2)cc1. The van der Waals surface area contributed by atoms with E-state index in [1.807, 2.05) is 0 Å². The van der Waals surface area contributed by atoms with Gasteiger partial charge in [0.05, 0.1) is 23.3 Å². The summed E-state index contributed by atoms with van der Waals surface area (Å²) in [7, 11) is -0.653. The number of methoxy groups -OCH3 is 1. The van der Waals surface area contributed by atoms with Gasteiger partial charge in [0, 0.05) is 29.6 Å². The van der Waals surface area contributed by atoms with Crippen molar-refractivity contribution in [3.8, 4) is 11.3 Å². The molecular formula is C24H25N3O5S2. The number of esters is 1. The maximum atomic E-state index is 12.9. The van der Waals surface area contributed by atoms with Crippen molar-refractivity contribution in [3.63, 3.8) is 0 Å². The van der Waals surface area contributed by atoms with E-state index in [-0.39, 0.29) is 16.8 Å². The van der Waals surface area contributed by atoms with E-state index in [2.05, 4.69) is 10.3 Å². The number of hydrogen-bond acceptors (Lipinski definition) is 7. The van der Waals surface area contributed by atoms with Gasteiger partial charge in [-0.1, -0.05) is 25.0 Å². The summed E-state index contributed by atoms with van der Waals surface area (Å²) in [5, 5.41) is 4.96. The summed E-state index contributed by atoms with van der Waals surface area (Å²) in [5.41, 5.74) is 2.23. The average molecular weight is 500 g/mol. The molecule has 0 bridgehead atoms. The van der Waals surface area contributed by atoms with Crippen LogP contribution >= 0.6 is 11.3 Å². The summed E-state index contributed by atoms with van der Waals surface area (Å²) >= 11 is 1.27. The van der Waals surface area contributed by atoms with E-state index in [0.29, 0.717) is 22.0 Å². The molecule has 1 aliphatic carbocycles. The van der Waals surface area contributed by atoms with Gasteiger partial charge in [-0.2, -0.15) is 4.31 Å². The fraction of sp³-hybridized carbons (Fsp3) is 0.292. The van der Waals surface area contributed by atoms with Gasteiger partial charge in [0.25, 0.3) is 5.91 Å². The highest BCUT2D eigenvalue weighted by Crippen LogP contribution is 2.28. The summed E-state index contributed by atoms with van der Waals surface area (Å²) in [6.07, 6.45) is 3.84. The zero-order valence-corrected chi connectivity index (χ0v) is 20.5. The monoisotopic (exact) mass is 499 g/mol. The van der Waals surface area contributed by atoms with E-state index in [0.717, 1.165) is 31.2 Å². The summed E-state index contributed by atoms with van der Waals surface area (Å²) in [5.74, 6) is -0.795. The van der Waals surface area contributed by atoms with Crippen molar-refractivity contribution in [3.05, 3.63) is 65.0 Å². The van der Waals surface area contributed by atoms with Crippen LogP contribution < -0.4 is 5.32 Å². The molecule has 1 aliphatic rings. The smallest absolute Gasteiger partial charge is 0.337 e. The van der Waals surface area contributed by atoms with Crippen LogP contribution in [0, 0.1) is 0 Å². The number of thiazole rings is 1. The Balaban J connectivity index is 1.42. The number of nitrogens with zero attached hydrogens (tertiary/aromatic N) is 2. The second kappa shape index (κ2) is 10.0. The Morgan fingerprint density at radius 2 is 1.65 bits per heavy atom. The molecule has 1 heterocycles. The number of sulfonamides is 1. The molecule has 0 spiro atoms. The predicted molar refractivity (Wildman–Crippen MR) is 130 cm³/mol. The van der Waals surface area contributed by atoms with Gasteiger partial charge in [0.2, 0.25) is 10.0 Å². The first-order valence-corrected chi connectivity index (χ1v) is 13.2. The summed E-state index contributed by atoms with van der Waals surface area (Å²) in [6.45, 7) is 0. The Morgan fingerprint density at radius 1 is 1.03 bits per heavy atom. The molecule has 178 valence electrons. The lowest BCUT2D eigenvalue weighted by atomic mass is 10.1. The fourth-order valence-electron chi connectivity index (χ4n) is 3.94. The molecule has 1 aromatic heterocycles. The van der Waals surface area contributed by atoms with Gasteiger partial charge >= 0.3 is 5.97 Å². The van der Waals surface area contributed by atoms with Gasteiger partial charge in [0.1, 0.15) is 0 Å². The lowest BCUT2D eigenvalue weighted by molar-refractivity contribution is 0.0600. The third-order valence-corrected chi connectivity index (χ3v) is 8.64. The lowest BCUT2D eigenvalue weighted by Gasteiger charge is -2.23. The van der Waals surface area contributed by atoms with Crippen molar-refractivity contribution >= 4 is 38.4 Å². The molecule has 10 heteroatoms. The van der Waals surface area contributed by atoms with Crippen LogP contribution in [-0.2, 0) is 14.8 Å². The molecule has 1 saturated carbocycles. The van der Waals surface area contributed by atoms with Crippen LogP contribution in [0.25, 0.3) is 11.3 Å². The number of aromatic nitrogens is 1. The number of amides is 1. The minimum atomic E-state index is -3.60. The van der Waals surface area contributed by atoms with E-state index >= 15 is 0 Å². The standard InChI is InChI=1S/C24H25N3O5S2/c1-27(19-5-3-4-6-19)34(30,31)20-13-11-17(12-14-20)22(28)26-24-25-21(15-33-24)16-7-9-18(10-8-16)23(29)32-2/h7-15,19H,3-6H2,1-2H3,(H,25,26,28). The molecule has 0 atom stereocenters. The van der Waals surface area contributed by atoms with E-state index < -0.39 is 16.0 Å². The highest BCUT2D eigenvalue weighted by Gasteiger charge is 2.30. The molecular weight excluding hydrogens is 474 g/mol. The Hall–Kier alpha value is -3.08. The van der Waals surface area contributed by atoms with E-state index in [9.17, 15) is 18.0 Å². The molecule has 0 aliphatic heterocycles. The first-order chi connectivity index (χ1) is 16.3. The van der Waals surface area contributed by atoms with E-state index in [1.54, 1.807) is 36.7 Å². The lowest BCUT2D eigenvalue weighted by Crippen LogP contribution is -2.35. The Labute approximate surface area is 202 Å². The van der Waals surface area contributed by atoms with Gasteiger partial charge in [-0.05, 0) is 49.2 Å². The quantitative estimate of drug-likeness (QED) is 0.483. The molecule has 3 aromatic rings. The maximum Gasteiger partial charge on any atom is 0.337 e. The number of nitrogens with one attached hydrogen (secondary N) is 1. The topological polar surface area (TPSA) is 106 Å². The van der Waals surface area contributed by atoms with Gasteiger partial charge < -0.3 is 4.74 Å². The second-order valence-electron chi connectivity index (χ2n) is 8.04. The summed E-state index contributed by atoms with van der Waals surface area (Å²) in [4.78, 5) is 28.8. The Kier molecular flexibility index (Phi) is 7.11. The number of ether oxygens (including phenoxy) is 1. The minimum absolute atomic E-state index is 0.0312. The van der Waals surface area contributed by atoms with Gasteiger partial charge in [-0.15, -0.1) is 11.3 Å². The molecule has 0 unspecified atom stereocenters. The Morgan fingerprint density at radius 3 is 2.26 bits per heavy atom. The van der Waals surface area contributed by atoms with Crippen LogP contribution in [0.15, 0.2) is 58.8 Å². The zero-order valence-electron chi connectivity index (χ0n) is 18.9. The van der Waals surface area contributed by atoms with Crippen molar-refractivity contribution in [1.29, 1.82) is 0 Å². The predicted octanol–water partition coefficient (Wildman–Crippen LogP) is 4.41. The van der Waals surface area contributed by atoms with Crippen molar-refractivity contribution in [2.24, 2.45) is 0 Å². The van der Waals surface area contributed by atoms with Crippen molar-refractivity contribution in [2.45, 2.75) is 36.6 Å². The second-order valence-corrected chi connectivity index (χ2v) is 10.9. The molecule has 4 rings (SSSR count). The number of carbonyl (C=O) groups excluding carboxylic acids is 2. The molecule has 8 nitrogen and oxygen atoms in total. The minimum Gasteiger partial charge on any atom is -0.465 e. The van der Waals surface area contributed by atoms with E-state index in [4.69, 9.17) is 4.74 Å².